The SMILES string of the molecule is Oc1ccc(-c2ccc(-c3nc(COc4ccccc4)no3)cn2)cc1. The number of aromatic nitrogens is 3. The van der Waals surface area contributed by atoms with Gasteiger partial charge < -0.3 is 14.4 Å². The van der Waals surface area contributed by atoms with E-state index in [4.69, 9.17) is 9.26 Å². The molecule has 0 saturated carbocycles. The maximum Gasteiger partial charge on any atom is 0.259 e. The van der Waals surface area contributed by atoms with Crippen LogP contribution in [0, 0.1) is 0 Å². The molecule has 6 heteroatoms. The van der Waals surface area contributed by atoms with Gasteiger partial charge >= 0.3 is 0 Å². The molecule has 1 N–H and O–H groups in total. The number of hydrogen-bond donors (Lipinski definition) is 1. The summed E-state index contributed by atoms with van der Waals surface area (Å²) in [7, 11) is 0. The molecule has 4 rings (SSSR count). The van der Waals surface area contributed by atoms with Crippen LogP contribution in [-0.4, -0.2) is 20.2 Å². The third-order valence-electron chi connectivity index (χ3n) is 3.75. The third kappa shape index (κ3) is 3.54. The van der Waals surface area contributed by atoms with Crippen LogP contribution in [0.1, 0.15) is 5.82 Å². The maximum absolute atomic E-state index is 9.36. The van der Waals surface area contributed by atoms with Crippen LogP contribution in [0.5, 0.6) is 11.5 Å². The molecule has 0 spiro atoms. The molecule has 0 atom stereocenters. The topological polar surface area (TPSA) is 81.3 Å². The molecule has 6 nitrogen and oxygen atoms in total. The van der Waals surface area contributed by atoms with E-state index in [2.05, 4.69) is 15.1 Å². The molecule has 0 unspecified atom stereocenters. The molecule has 128 valence electrons. The van der Waals surface area contributed by atoms with Crippen molar-refractivity contribution in [3.8, 4) is 34.2 Å². The monoisotopic (exact) mass is 345 g/mol. The van der Waals surface area contributed by atoms with Gasteiger partial charge in [-0.05, 0) is 48.5 Å². The Morgan fingerprint density at radius 1 is 0.885 bits per heavy atom. The lowest BCUT2D eigenvalue weighted by molar-refractivity contribution is 0.287. The molecule has 2 heterocycles. The van der Waals surface area contributed by atoms with E-state index in [1.165, 1.54) is 0 Å². The number of benzene rings is 2. The second-order valence-electron chi connectivity index (χ2n) is 5.60. The fourth-order valence-electron chi connectivity index (χ4n) is 2.42. The van der Waals surface area contributed by atoms with Gasteiger partial charge in [-0.2, -0.15) is 4.98 Å². The second kappa shape index (κ2) is 7.06. The summed E-state index contributed by atoms with van der Waals surface area (Å²) in [5.41, 5.74) is 2.43. The zero-order chi connectivity index (χ0) is 17.8. The minimum atomic E-state index is 0.224. The van der Waals surface area contributed by atoms with Gasteiger partial charge in [-0.25, -0.2) is 0 Å². The Bertz CT molecular complexity index is 981. The number of hydrogen-bond acceptors (Lipinski definition) is 6. The fraction of sp³-hybridized carbons (Fsp3) is 0.0500. The molecule has 0 aliphatic heterocycles. The highest BCUT2D eigenvalue weighted by Crippen LogP contribution is 2.23. The second-order valence-corrected chi connectivity index (χ2v) is 5.60. The number of rotatable bonds is 5. The van der Waals surface area contributed by atoms with Crippen LogP contribution in [-0.2, 0) is 6.61 Å². The molecule has 0 amide bonds. The van der Waals surface area contributed by atoms with E-state index in [1.54, 1.807) is 18.3 Å². The van der Waals surface area contributed by atoms with Crippen molar-refractivity contribution in [2.45, 2.75) is 6.61 Å². The van der Waals surface area contributed by atoms with Crippen molar-refractivity contribution in [1.82, 2.24) is 15.1 Å². The predicted octanol–water partition coefficient (Wildman–Crippen LogP) is 4.08. The van der Waals surface area contributed by atoms with Crippen LogP contribution in [0.15, 0.2) is 77.4 Å². The van der Waals surface area contributed by atoms with Crippen molar-refractivity contribution in [2.75, 3.05) is 0 Å². The molecular formula is C20H15N3O3. The smallest absolute Gasteiger partial charge is 0.259 e. The lowest BCUT2D eigenvalue weighted by atomic mass is 10.1. The molecule has 0 saturated heterocycles. The first-order valence-corrected chi connectivity index (χ1v) is 8.04. The minimum Gasteiger partial charge on any atom is -0.508 e. The number of ether oxygens (including phenoxy) is 1. The molecule has 0 aliphatic carbocycles. The van der Waals surface area contributed by atoms with E-state index in [1.807, 2.05) is 54.6 Å². The van der Waals surface area contributed by atoms with Gasteiger partial charge in [-0.3, -0.25) is 4.98 Å². The molecule has 0 fully saturated rings. The molecule has 0 aliphatic rings. The van der Waals surface area contributed by atoms with E-state index >= 15 is 0 Å². The van der Waals surface area contributed by atoms with E-state index in [0.717, 1.165) is 22.6 Å². The van der Waals surface area contributed by atoms with Gasteiger partial charge in [0.25, 0.3) is 5.89 Å². The van der Waals surface area contributed by atoms with Crippen LogP contribution < -0.4 is 4.74 Å². The van der Waals surface area contributed by atoms with E-state index in [-0.39, 0.29) is 12.4 Å². The Hall–Kier alpha value is -3.67. The summed E-state index contributed by atoms with van der Waals surface area (Å²) in [5, 5.41) is 13.3. The van der Waals surface area contributed by atoms with Crippen LogP contribution in [0.25, 0.3) is 22.7 Å². The zero-order valence-corrected chi connectivity index (χ0v) is 13.7. The van der Waals surface area contributed by atoms with Crippen LogP contribution >= 0.6 is 0 Å². The normalized spacial score (nSPS) is 10.6. The summed E-state index contributed by atoms with van der Waals surface area (Å²) >= 11 is 0. The summed E-state index contributed by atoms with van der Waals surface area (Å²) in [6.07, 6.45) is 1.68. The van der Waals surface area contributed by atoms with Crippen LogP contribution in [0.3, 0.4) is 0 Å². The minimum absolute atomic E-state index is 0.224. The summed E-state index contributed by atoms with van der Waals surface area (Å²) in [6, 6.07) is 20.1. The van der Waals surface area contributed by atoms with Crippen LogP contribution in [0.4, 0.5) is 0 Å². The first-order chi connectivity index (χ1) is 12.8. The van der Waals surface area contributed by atoms with E-state index in [0.29, 0.717) is 11.7 Å². The van der Waals surface area contributed by atoms with Gasteiger partial charge in [-0.1, -0.05) is 23.4 Å². The Morgan fingerprint density at radius 3 is 2.38 bits per heavy atom. The summed E-state index contributed by atoms with van der Waals surface area (Å²) < 4.78 is 10.9. The van der Waals surface area contributed by atoms with E-state index < -0.39 is 0 Å². The number of pyridine rings is 1. The van der Waals surface area contributed by atoms with Crippen molar-refractivity contribution in [1.29, 1.82) is 0 Å². The number of phenolic OH excluding ortho intramolecular Hbond substituents is 1. The molecule has 0 radical (unpaired) electrons. The largest absolute Gasteiger partial charge is 0.508 e. The Morgan fingerprint density at radius 2 is 1.65 bits per heavy atom. The van der Waals surface area contributed by atoms with Crippen molar-refractivity contribution in [2.24, 2.45) is 0 Å². The molecular weight excluding hydrogens is 330 g/mol. The third-order valence-corrected chi connectivity index (χ3v) is 3.75. The number of para-hydroxylation sites is 1. The Labute approximate surface area is 149 Å². The van der Waals surface area contributed by atoms with Gasteiger partial charge in [0.05, 0.1) is 11.3 Å². The average Bonchev–Trinajstić information content (AvgIpc) is 3.17. The predicted molar refractivity (Wildman–Crippen MR) is 95.4 cm³/mol. The van der Waals surface area contributed by atoms with Gasteiger partial charge in [-0.15, -0.1) is 0 Å². The lowest BCUT2D eigenvalue weighted by Gasteiger charge is -2.02. The Balaban J connectivity index is 1.46. The molecule has 26 heavy (non-hydrogen) atoms. The number of aromatic hydroxyl groups is 1. The summed E-state index contributed by atoms with van der Waals surface area (Å²) in [4.78, 5) is 8.75. The molecule has 2 aromatic carbocycles. The summed E-state index contributed by atoms with van der Waals surface area (Å²) in [5.74, 6) is 1.83. The van der Waals surface area contributed by atoms with Crippen molar-refractivity contribution in [3.05, 3.63) is 78.8 Å². The van der Waals surface area contributed by atoms with Gasteiger partial charge in [0.1, 0.15) is 11.5 Å². The standard InChI is InChI=1S/C20H15N3O3/c24-16-9-6-14(7-10-16)18-11-8-15(12-21-18)20-22-19(23-26-20)13-25-17-4-2-1-3-5-17/h1-12,24H,13H2. The highest BCUT2D eigenvalue weighted by molar-refractivity contribution is 5.63. The highest BCUT2D eigenvalue weighted by atomic mass is 16.5. The lowest BCUT2D eigenvalue weighted by Crippen LogP contribution is -1.97. The summed E-state index contributed by atoms with van der Waals surface area (Å²) in [6.45, 7) is 0.229. The van der Waals surface area contributed by atoms with Crippen molar-refractivity contribution < 1.29 is 14.4 Å². The van der Waals surface area contributed by atoms with Crippen molar-refractivity contribution >= 4 is 0 Å². The quantitative estimate of drug-likeness (QED) is 0.587. The average molecular weight is 345 g/mol. The Kier molecular flexibility index (Phi) is 4.30. The van der Waals surface area contributed by atoms with E-state index in [9.17, 15) is 5.11 Å². The number of nitrogens with zero attached hydrogens (tertiary/aromatic N) is 3. The highest BCUT2D eigenvalue weighted by Gasteiger charge is 2.10. The molecule has 4 aromatic rings. The van der Waals surface area contributed by atoms with Crippen molar-refractivity contribution in [3.63, 3.8) is 0 Å². The van der Waals surface area contributed by atoms with Crippen LogP contribution in [0.2, 0.25) is 0 Å². The molecule has 0 bridgehead atoms. The maximum atomic E-state index is 9.36. The van der Waals surface area contributed by atoms with Gasteiger partial charge in [0, 0.05) is 11.8 Å². The molecule has 2 aromatic heterocycles. The number of phenols is 1. The first-order valence-electron chi connectivity index (χ1n) is 8.04. The fourth-order valence-corrected chi connectivity index (χ4v) is 2.42. The van der Waals surface area contributed by atoms with Gasteiger partial charge in [0.2, 0.25) is 5.82 Å². The zero-order valence-electron chi connectivity index (χ0n) is 13.7. The first kappa shape index (κ1) is 15.8. The van der Waals surface area contributed by atoms with Gasteiger partial charge in [0.15, 0.2) is 6.61 Å².